The number of nitrogens with one attached hydrogen (secondary N) is 2. The van der Waals surface area contributed by atoms with Crippen molar-refractivity contribution in [3.05, 3.63) is 66.2 Å². The summed E-state index contributed by atoms with van der Waals surface area (Å²) in [6, 6.07) is 18.8. The Bertz CT molecular complexity index is 1000. The third kappa shape index (κ3) is 5.76. The standard InChI is InChI=1S/C24H26N4O2S/c29-21(18-12-6-2-7-13-18)25-20(16-17-10-4-1-5-11-17)22(30)26-24-28-27-23(31-24)19-14-8-3-9-15-19/h1,3-5,8-11,14-15,18,20H,2,6-7,12-13,16H2,(H,25,29)(H,26,28,30). The van der Waals surface area contributed by atoms with Crippen LogP contribution in [0.15, 0.2) is 60.7 Å². The van der Waals surface area contributed by atoms with Crippen molar-refractivity contribution in [1.82, 2.24) is 15.5 Å². The number of hydrogen-bond acceptors (Lipinski definition) is 5. The van der Waals surface area contributed by atoms with Gasteiger partial charge in [-0.25, -0.2) is 0 Å². The van der Waals surface area contributed by atoms with Gasteiger partial charge in [0, 0.05) is 17.9 Å². The van der Waals surface area contributed by atoms with Gasteiger partial charge in [-0.15, -0.1) is 10.2 Å². The normalized spacial score (nSPS) is 15.2. The summed E-state index contributed by atoms with van der Waals surface area (Å²) in [5.41, 5.74) is 1.95. The first-order chi connectivity index (χ1) is 15.2. The van der Waals surface area contributed by atoms with E-state index in [1.807, 2.05) is 60.7 Å². The third-order valence-electron chi connectivity index (χ3n) is 5.57. The van der Waals surface area contributed by atoms with E-state index in [0.29, 0.717) is 11.6 Å². The lowest BCUT2D eigenvalue weighted by atomic mass is 9.88. The Morgan fingerprint density at radius 1 is 0.935 bits per heavy atom. The second kappa shape index (κ2) is 10.3. The first-order valence-corrected chi connectivity index (χ1v) is 11.5. The molecule has 31 heavy (non-hydrogen) atoms. The zero-order valence-electron chi connectivity index (χ0n) is 17.3. The van der Waals surface area contributed by atoms with Crippen LogP contribution in [0.2, 0.25) is 0 Å². The monoisotopic (exact) mass is 434 g/mol. The summed E-state index contributed by atoms with van der Waals surface area (Å²) in [4.78, 5) is 25.9. The van der Waals surface area contributed by atoms with Crippen LogP contribution in [-0.4, -0.2) is 28.1 Å². The molecule has 1 aliphatic carbocycles. The molecule has 7 heteroatoms. The lowest BCUT2D eigenvalue weighted by Gasteiger charge is -2.24. The van der Waals surface area contributed by atoms with Crippen LogP contribution < -0.4 is 10.6 Å². The molecule has 0 spiro atoms. The number of rotatable bonds is 7. The van der Waals surface area contributed by atoms with Crippen LogP contribution in [-0.2, 0) is 16.0 Å². The van der Waals surface area contributed by atoms with E-state index in [1.165, 1.54) is 17.8 Å². The van der Waals surface area contributed by atoms with Crippen LogP contribution in [0.1, 0.15) is 37.7 Å². The van der Waals surface area contributed by atoms with Crippen LogP contribution in [0, 0.1) is 5.92 Å². The maximum absolute atomic E-state index is 13.1. The van der Waals surface area contributed by atoms with Gasteiger partial charge in [-0.1, -0.05) is 91.3 Å². The number of anilines is 1. The third-order valence-corrected chi connectivity index (χ3v) is 6.46. The second-order valence-electron chi connectivity index (χ2n) is 7.85. The molecule has 1 fully saturated rings. The Morgan fingerprint density at radius 3 is 2.32 bits per heavy atom. The number of nitrogens with zero attached hydrogens (tertiary/aromatic N) is 2. The predicted octanol–water partition coefficient (Wildman–Crippen LogP) is 4.45. The highest BCUT2D eigenvalue weighted by molar-refractivity contribution is 7.18. The van der Waals surface area contributed by atoms with Crippen LogP contribution in [0.5, 0.6) is 0 Å². The summed E-state index contributed by atoms with van der Waals surface area (Å²) >= 11 is 1.32. The average molecular weight is 435 g/mol. The first-order valence-electron chi connectivity index (χ1n) is 10.7. The molecule has 1 heterocycles. The topological polar surface area (TPSA) is 84.0 Å². The van der Waals surface area contributed by atoms with Gasteiger partial charge in [0.1, 0.15) is 11.0 Å². The van der Waals surface area contributed by atoms with Gasteiger partial charge in [0.2, 0.25) is 16.9 Å². The summed E-state index contributed by atoms with van der Waals surface area (Å²) in [5, 5.41) is 15.3. The molecule has 0 aliphatic heterocycles. The fourth-order valence-electron chi connectivity index (χ4n) is 3.88. The van der Waals surface area contributed by atoms with E-state index < -0.39 is 6.04 Å². The van der Waals surface area contributed by atoms with Crippen molar-refractivity contribution in [2.75, 3.05) is 5.32 Å². The minimum absolute atomic E-state index is 0.00830. The van der Waals surface area contributed by atoms with Crippen molar-refractivity contribution in [2.45, 2.75) is 44.6 Å². The van der Waals surface area contributed by atoms with Gasteiger partial charge in [-0.3, -0.25) is 14.9 Å². The Morgan fingerprint density at radius 2 is 1.61 bits per heavy atom. The van der Waals surface area contributed by atoms with Gasteiger partial charge >= 0.3 is 0 Å². The quantitative estimate of drug-likeness (QED) is 0.575. The molecule has 6 nitrogen and oxygen atoms in total. The summed E-state index contributed by atoms with van der Waals surface area (Å²) in [7, 11) is 0. The van der Waals surface area contributed by atoms with E-state index in [-0.39, 0.29) is 17.7 Å². The van der Waals surface area contributed by atoms with Gasteiger partial charge in [-0.05, 0) is 18.4 Å². The molecule has 0 radical (unpaired) electrons. The molecule has 2 N–H and O–H groups in total. The number of carbonyl (C=O) groups is 2. The summed E-state index contributed by atoms with van der Waals surface area (Å²) in [6.45, 7) is 0. The lowest BCUT2D eigenvalue weighted by molar-refractivity contribution is -0.130. The van der Waals surface area contributed by atoms with Crippen molar-refractivity contribution in [2.24, 2.45) is 5.92 Å². The number of hydrogen-bond donors (Lipinski definition) is 2. The van der Waals surface area contributed by atoms with Crippen LogP contribution >= 0.6 is 11.3 Å². The van der Waals surface area contributed by atoms with E-state index in [2.05, 4.69) is 20.8 Å². The Balaban J connectivity index is 1.46. The van der Waals surface area contributed by atoms with Gasteiger partial charge in [0.25, 0.3) is 0 Å². The molecule has 4 rings (SSSR count). The molecule has 1 saturated carbocycles. The molecule has 1 atom stereocenters. The van der Waals surface area contributed by atoms with Crippen LogP contribution in [0.3, 0.4) is 0 Å². The molecule has 1 unspecified atom stereocenters. The van der Waals surface area contributed by atoms with E-state index >= 15 is 0 Å². The van der Waals surface area contributed by atoms with Gasteiger partial charge in [0.05, 0.1) is 0 Å². The van der Waals surface area contributed by atoms with Crippen molar-refractivity contribution >= 4 is 28.3 Å². The molecule has 1 aromatic heterocycles. The zero-order chi connectivity index (χ0) is 21.5. The highest BCUT2D eigenvalue weighted by atomic mass is 32.1. The maximum atomic E-state index is 13.1. The molecule has 2 amide bonds. The zero-order valence-corrected chi connectivity index (χ0v) is 18.1. The van der Waals surface area contributed by atoms with Crippen molar-refractivity contribution in [3.8, 4) is 10.6 Å². The lowest BCUT2D eigenvalue weighted by Crippen LogP contribution is -2.47. The highest BCUT2D eigenvalue weighted by Crippen LogP contribution is 2.26. The molecular weight excluding hydrogens is 408 g/mol. The van der Waals surface area contributed by atoms with E-state index in [9.17, 15) is 9.59 Å². The Labute approximate surface area is 186 Å². The molecule has 0 bridgehead atoms. The fraction of sp³-hybridized carbons (Fsp3) is 0.333. The van der Waals surface area contributed by atoms with E-state index in [0.717, 1.165) is 41.8 Å². The van der Waals surface area contributed by atoms with E-state index in [4.69, 9.17) is 0 Å². The number of aromatic nitrogens is 2. The highest BCUT2D eigenvalue weighted by Gasteiger charge is 2.27. The Hall–Kier alpha value is -3.06. The summed E-state index contributed by atoms with van der Waals surface area (Å²) in [5.74, 6) is -0.312. The summed E-state index contributed by atoms with van der Waals surface area (Å²) < 4.78 is 0. The van der Waals surface area contributed by atoms with Crippen LogP contribution in [0.25, 0.3) is 10.6 Å². The SMILES string of the molecule is O=C(NC(Cc1ccccc1)C(=O)Nc1nnc(-c2ccccc2)s1)C1CCCCC1. The van der Waals surface area contributed by atoms with Crippen molar-refractivity contribution < 1.29 is 9.59 Å². The smallest absolute Gasteiger partial charge is 0.249 e. The van der Waals surface area contributed by atoms with Gasteiger partial charge in [-0.2, -0.15) is 0 Å². The number of carbonyl (C=O) groups excluding carboxylic acids is 2. The summed E-state index contributed by atoms with van der Waals surface area (Å²) in [6.07, 6.45) is 5.53. The first kappa shape index (κ1) is 21.2. The van der Waals surface area contributed by atoms with Gasteiger partial charge < -0.3 is 5.32 Å². The molecule has 1 aliphatic rings. The number of benzene rings is 2. The molecule has 0 saturated heterocycles. The van der Waals surface area contributed by atoms with E-state index in [1.54, 1.807) is 0 Å². The minimum atomic E-state index is -0.666. The van der Waals surface area contributed by atoms with Crippen molar-refractivity contribution in [3.63, 3.8) is 0 Å². The minimum Gasteiger partial charge on any atom is -0.344 e. The molecular formula is C24H26N4O2S. The fourth-order valence-corrected chi connectivity index (χ4v) is 4.63. The molecule has 160 valence electrons. The molecule has 3 aromatic rings. The van der Waals surface area contributed by atoms with Crippen molar-refractivity contribution in [1.29, 1.82) is 0 Å². The molecule has 2 aromatic carbocycles. The second-order valence-corrected chi connectivity index (χ2v) is 8.83. The van der Waals surface area contributed by atoms with Crippen LogP contribution in [0.4, 0.5) is 5.13 Å². The predicted molar refractivity (Wildman–Crippen MR) is 123 cm³/mol. The number of amides is 2. The van der Waals surface area contributed by atoms with Gasteiger partial charge in [0.15, 0.2) is 0 Å². The average Bonchev–Trinajstić information content (AvgIpc) is 3.29. The Kier molecular flexibility index (Phi) is 7.04. The maximum Gasteiger partial charge on any atom is 0.249 e. The largest absolute Gasteiger partial charge is 0.344 e.